The Labute approximate surface area is 128 Å². The summed E-state index contributed by atoms with van der Waals surface area (Å²) < 4.78 is 5.04. The minimum absolute atomic E-state index is 0.132. The largest absolute Gasteiger partial charge is 0.462 e. The first-order chi connectivity index (χ1) is 10.2. The third-order valence-electron chi connectivity index (χ3n) is 3.66. The summed E-state index contributed by atoms with van der Waals surface area (Å²) >= 11 is 1.42. The molecule has 1 saturated carbocycles. The van der Waals surface area contributed by atoms with E-state index in [1.165, 1.54) is 18.0 Å². The number of aliphatic hydroxyl groups excluding tert-OH is 1. The molecule has 2 atom stereocenters. The maximum Gasteiger partial charge on any atom is 0.343 e. The maximum absolute atomic E-state index is 12.0. The highest BCUT2D eigenvalue weighted by molar-refractivity contribution is 7.98. The summed E-state index contributed by atoms with van der Waals surface area (Å²) in [5.74, 6) is 0.275. The first-order valence-corrected chi connectivity index (χ1v) is 8.37. The van der Waals surface area contributed by atoms with Crippen molar-refractivity contribution in [3.05, 3.63) is 11.8 Å². The van der Waals surface area contributed by atoms with Gasteiger partial charge in [0.2, 0.25) is 0 Å². The molecule has 1 aliphatic rings. The standard InChI is InChI=1S/C14H21N3O3S/c1-3-20-13(19)10-7-15-14(21-2)17-12(10)16-11-6-4-5-9(11)8-18/h7,9,11,18H,3-6,8H2,1-2H3,(H,15,16,17)/t9-,11-/m1/s1. The first kappa shape index (κ1) is 16.0. The Bertz CT molecular complexity index is 498. The van der Waals surface area contributed by atoms with E-state index in [9.17, 15) is 9.90 Å². The van der Waals surface area contributed by atoms with Crippen LogP contribution in [0.4, 0.5) is 5.82 Å². The molecule has 0 aromatic carbocycles. The number of carbonyl (C=O) groups excluding carboxylic acids is 1. The van der Waals surface area contributed by atoms with Crippen molar-refractivity contribution >= 4 is 23.5 Å². The molecule has 1 aromatic heterocycles. The Kier molecular flexibility index (Phi) is 5.81. The topological polar surface area (TPSA) is 84.3 Å². The van der Waals surface area contributed by atoms with Crippen LogP contribution in [0.1, 0.15) is 36.5 Å². The maximum atomic E-state index is 12.0. The molecule has 1 fully saturated rings. The van der Waals surface area contributed by atoms with Crippen LogP contribution in [0.25, 0.3) is 0 Å². The summed E-state index contributed by atoms with van der Waals surface area (Å²) in [5, 5.41) is 13.3. The van der Waals surface area contributed by atoms with Crippen LogP contribution in [-0.4, -0.2) is 46.6 Å². The summed E-state index contributed by atoms with van der Waals surface area (Å²) in [6.07, 6.45) is 6.41. The lowest BCUT2D eigenvalue weighted by molar-refractivity contribution is 0.0526. The minimum atomic E-state index is -0.425. The molecule has 21 heavy (non-hydrogen) atoms. The molecule has 116 valence electrons. The molecule has 1 heterocycles. The fraction of sp³-hybridized carbons (Fsp3) is 0.643. The van der Waals surface area contributed by atoms with Gasteiger partial charge < -0.3 is 15.2 Å². The van der Waals surface area contributed by atoms with E-state index in [-0.39, 0.29) is 18.6 Å². The molecule has 6 nitrogen and oxygen atoms in total. The Morgan fingerprint density at radius 3 is 3.05 bits per heavy atom. The smallest absolute Gasteiger partial charge is 0.343 e. The number of carbonyl (C=O) groups is 1. The zero-order valence-electron chi connectivity index (χ0n) is 12.3. The number of hydrogen-bond acceptors (Lipinski definition) is 7. The average molecular weight is 311 g/mol. The molecule has 1 aliphatic carbocycles. The van der Waals surface area contributed by atoms with Crippen molar-refractivity contribution in [1.29, 1.82) is 0 Å². The normalized spacial score (nSPS) is 21.3. The molecule has 0 unspecified atom stereocenters. The van der Waals surface area contributed by atoms with E-state index in [4.69, 9.17) is 4.74 Å². The van der Waals surface area contributed by atoms with Crippen molar-refractivity contribution < 1.29 is 14.6 Å². The highest BCUT2D eigenvalue weighted by Crippen LogP contribution is 2.29. The Morgan fingerprint density at radius 2 is 2.38 bits per heavy atom. The van der Waals surface area contributed by atoms with Crippen LogP contribution in [0.15, 0.2) is 11.4 Å². The second kappa shape index (κ2) is 7.61. The lowest BCUT2D eigenvalue weighted by Gasteiger charge is -2.21. The second-order valence-electron chi connectivity index (χ2n) is 4.96. The summed E-state index contributed by atoms with van der Waals surface area (Å²) in [4.78, 5) is 20.5. The zero-order chi connectivity index (χ0) is 15.2. The van der Waals surface area contributed by atoms with Crippen molar-refractivity contribution in [1.82, 2.24) is 9.97 Å². The Morgan fingerprint density at radius 1 is 1.57 bits per heavy atom. The predicted octanol–water partition coefficient (Wildman–Crippen LogP) is 1.95. The lowest BCUT2D eigenvalue weighted by atomic mass is 10.1. The number of nitrogens with zero attached hydrogens (tertiary/aromatic N) is 2. The van der Waals surface area contributed by atoms with E-state index >= 15 is 0 Å². The Hall–Kier alpha value is -1.34. The van der Waals surface area contributed by atoms with Crippen molar-refractivity contribution in [2.75, 3.05) is 24.8 Å². The number of nitrogens with one attached hydrogen (secondary N) is 1. The van der Waals surface area contributed by atoms with Gasteiger partial charge in [0.15, 0.2) is 5.16 Å². The van der Waals surface area contributed by atoms with Gasteiger partial charge in [-0.2, -0.15) is 0 Å². The molecule has 0 saturated heterocycles. The number of rotatable bonds is 6. The summed E-state index contributed by atoms with van der Waals surface area (Å²) in [5.41, 5.74) is 0.346. The van der Waals surface area contributed by atoms with Crippen LogP contribution in [-0.2, 0) is 4.74 Å². The van der Waals surface area contributed by atoms with Crippen molar-refractivity contribution in [2.45, 2.75) is 37.4 Å². The minimum Gasteiger partial charge on any atom is -0.462 e. The van der Waals surface area contributed by atoms with Gasteiger partial charge in [-0.15, -0.1) is 0 Å². The van der Waals surface area contributed by atoms with Gasteiger partial charge in [0, 0.05) is 24.8 Å². The number of aromatic nitrogens is 2. The van der Waals surface area contributed by atoms with Gasteiger partial charge in [-0.1, -0.05) is 18.2 Å². The molecule has 0 aliphatic heterocycles. The highest BCUT2D eigenvalue weighted by atomic mass is 32.2. The van der Waals surface area contributed by atoms with E-state index in [0.717, 1.165) is 19.3 Å². The molecule has 0 spiro atoms. The van der Waals surface area contributed by atoms with Gasteiger partial charge >= 0.3 is 5.97 Å². The molecular weight excluding hydrogens is 290 g/mol. The van der Waals surface area contributed by atoms with Crippen molar-refractivity contribution in [3.63, 3.8) is 0 Å². The third kappa shape index (κ3) is 3.85. The summed E-state index contributed by atoms with van der Waals surface area (Å²) in [7, 11) is 0. The molecular formula is C14H21N3O3S. The summed E-state index contributed by atoms with van der Waals surface area (Å²) in [6.45, 7) is 2.22. The van der Waals surface area contributed by atoms with E-state index in [1.54, 1.807) is 6.92 Å². The molecule has 0 radical (unpaired) electrons. The van der Waals surface area contributed by atoms with Crippen LogP contribution >= 0.6 is 11.8 Å². The highest BCUT2D eigenvalue weighted by Gasteiger charge is 2.28. The van der Waals surface area contributed by atoms with Crippen molar-refractivity contribution in [3.8, 4) is 0 Å². The van der Waals surface area contributed by atoms with Gasteiger partial charge in [0.05, 0.1) is 6.61 Å². The molecule has 7 heteroatoms. The quantitative estimate of drug-likeness (QED) is 0.472. The number of hydrogen-bond donors (Lipinski definition) is 2. The fourth-order valence-electron chi connectivity index (χ4n) is 2.55. The van der Waals surface area contributed by atoms with Gasteiger partial charge in [0.1, 0.15) is 11.4 Å². The fourth-order valence-corrected chi connectivity index (χ4v) is 2.89. The van der Waals surface area contributed by atoms with Gasteiger partial charge in [-0.3, -0.25) is 0 Å². The third-order valence-corrected chi connectivity index (χ3v) is 4.22. The molecule has 2 rings (SSSR count). The van der Waals surface area contributed by atoms with E-state index in [2.05, 4.69) is 15.3 Å². The van der Waals surface area contributed by atoms with Crippen LogP contribution in [0.2, 0.25) is 0 Å². The van der Waals surface area contributed by atoms with Gasteiger partial charge in [0.25, 0.3) is 0 Å². The van der Waals surface area contributed by atoms with Crippen LogP contribution in [0, 0.1) is 5.92 Å². The average Bonchev–Trinajstić information content (AvgIpc) is 2.94. The predicted molar refractivity (Wildman–Crippen MR) is 81.6 cm³/mol. The lowest BCUT2D eigenvalue weighted by Crippen LogP contribution is -2.28. The van der Waals surface area contributed by atoms with E-state index < -0.39 is 5.97 Å². The van der Waals surface area contributed by atoms with Gasteiger partial charge in [-0.25, -0.2) is 14.8 Å². The summed E-state index contributed by atoms with van der Waals surface area (Å²) in [6, 6.07) is 0.132. The van der Waals surface area contributed by atoms with Crippen LogP contribution in [0.5, 0.6) is 0 Å². The Balaban J connectivity index is 2.24. The zero-order valence-corrected chi connectivity index (χ0v) is 13.2. The van der Waals surface area contributed by atoms with Gasteiger partial charge in [-0.05, 0) is 26.0 Å². The van der Waals surface area contributed by atoms with Crippen molar-refractivity contribution in [2.24, 2.45) is 5.92 Å². The molecule has 0 amide bonds. The molecule has 2 N–H and O–H groups in total. The monoisotopic (exact) mass is 311 g/mol. The number of anilines is 1. The number of esters is 1. The SMILES string of the molecule is CCOC(=O)c1cnc(SC)nc1N[C@@H]1CCC[C@@H]1CO. The van der Waals surface area contributed by atoms with Crippen LogP contribution in [0.3, 0.4) is 0 Å². The van der Waals surface area contributed by atoms with Crippen LogP contribution < -0.4 is 5.32 Å². The number of aliphatic hydroxyl groups is 1. The number of ether oxygens (including phenoxy) is 1. The molecule has 0 bridgehead atoms. The molecule has 1 aromatic rings. The first-order valence-electron chi connectivity index (χ1n) is 7.15. The van der Waals surface area contributed by atoms with E-state index in [1.807, 2.05) is 6.26 Å². The van der Waals surface area contributed by atoms with E-state index in [0.29, 0.717) is 23.1 Å². The number of thioether (sulfide) groups is 1. The second-order valence-corrected chi connectivity index (χ2v) is 5.74.